The topological polar surface area (TPSA) is 101 Å². The van der Waals surface area contributed by atoms with E-state index in [1.165, 1.54) is 49.7 Å². The fraction of sp³-hybridized carbons (Fsp3) is 0.176. The molecule has 28 heavy (non-hydrogen) atoms. The predicted molar refractivity (Wildman–Crippen MR) is 89.5 cm³/mol. The van der Waals surface area contributed by atoms with Crippen LogP contribution in [0.5, 0.6) is 5.75 Å². The van der Waals surface area contributed by atoms with Crippen LogP contribution < -0.4 is 20.3 Å². The zero-order valence-corrected chi connectivity index (χ0v) is 14.3. The third kappa shape index (κ3) is 3.00. The lowest BCUT2D eigenvalue weighted by atomic mass is 10.1. The number of amides is 4. The Kier molecular flexibility index (Phi) is 4.67. The van der Waals surface area contributed by atoms with Crippen molar-refractivity contribution in [3.63, 3.8) is 0 Å². The lowest BCUT2D eigenvalue weighted by Gasteiger charge is -2.29. The number of nitrogens with one attached hydrogen (secondary N) is 2. The highest BCUT2D eigenvalue weighted by Crippen LogP contribution is 2.38. The van der Waals surface area contributed by atoms with Crippen molar-refractivity contribution in [2.45, 2.75) is 11.8 Å². The van der Waals surface area contributed by atoms with Gasteiger partial charge in [0.2, 0.25) is 0 Å². The number of imide groups is 1. The molecule has 0 unspecified atom stereocenters. The van der Waals surface area contributed by atoms with E-state index in [0.29, 0.717) is 0 Å². The number of anilines is 1. The maximum atomic E-state index is 13.9. The first-order valence-corrected chi connectivity index (χ1v) is 7.80. The average Bonchev–Trinajstić information content (AvgIpc) is 2.93. The molecule has 0 bridgehead atoms. The molecule has 1 aromatic heterocycles. The van der Waals surface area contributed by atoms with Crippen molar-refractivity contribution in [2.75, 3.05) is 12.0 Å². The molecule has 2 N–H and O–H groups in total. The van der Waals surface area contributed by atoms with E-state index in [9.17, 15) is 27.6 Å². The van der Waals surface area contributed by atoms with Gasteiger partial charge in [0.25, 0.3) is 17.5 Å². The molecule has 146 valence electrons. The molecule has 0 saturated carbocycles. The molecule has 0 aliphatic carbocycles. The lowest BCUT2D eigenvalue weighted by Crippen LogP contribution is -2.69. The van der Waals surface area contributed by atoms with E-state index in [0.717, 1.165) is 6.20 Å². The Morgan fingerprint density at radius 2 is 1.93 bits per heavy atom. The van der Waals surface area contributed by atoms with Gasteiger partial charge in [-0.1, -0.05) is 12.1 Å². The second-order valence-corrected chi connectivity index (χ2v) is 5.69. The summed E-state index contributed by atoms with van der Waals surface area (Å²) >= 11 is 0. The van der Waals surface area contributed by atoms with Crippen LogP contribution in [-0.2, 0) is 4.79 Å². The van der Waals surface area contributed by atoms with Gasteiger partial charge < -0.3 is 10.1 Å². The van der Waals surface area contributed by atoms with Gasteiger partial charge in [0.15, 0.2) is 0 Å². The number of ether oxygens (including phenoxy) is 1. The number of benzene rings is 1. The summed E-state index contributed by atoms with van der Waals surface area (Å²) in [5, 5.41) is 3.16. The van der Waals surface area contributed by atoms with E-state index >= 15 is 0 Å². The van der Waals surface area contributed by atoms with Gasteiger partial charge in [-0.2, -0.15) is 13.2 Å². The summed E-state index contributed by atoms with van der Waals surface area (Å²) in [4.78, 5) is 41.3. The van der Waals surface area contributed by atoms with Gasteiger partial charge in [0.1, 0.15) is 5.75 Å². The molecule has 1 saturated heterocycles. The van der Waals surface area contributed by atoms with E-state index in [2.05, 4.69) is 4.98 Å². The first-order valence-electron chi connectivity index (χ1n) is 7.80. The van der Waals surface area contributed by atoms with Crippen LogP contribution in [0.2, 0.25) is 0 Å². The SMILES string of the molecule is COc1ccccc1N1C(=O)N[C@](NC(=O)c2cccnc2)(C(F)(F)F)C1=O. The summed E-state index contributed by atoms with van der Waals surface area (Å²) in [6, 6.07) is 6.74. The van der Waals surface area contributed by atoms with Crippen molar-refractivity contribution >= 4 is 23.5 Å². The fourth-order valence-corrected chi connectivity index (χ4v) is 2.65. The number of pyridine rings is 1. The lowest BCUT2D eigenvalue weighted by molar-refractivity contribution is -0.197. The van der Waals surface area contributed by atoms with E-state index in [1.807, 2.05) is 0 Å². The summed E-state index contributed by atoms with van der Waals surface area (Å²) in [7, 11) is 1.23. The summed E-state index contributed by atoms with van der Waals surface area (Å²) < 4.78 is 46.6. The first-order chi connectivity index (χ1) is 13.2. The summed E-state index contributed by atoms with van der Waals surface area (Å²) in [6.07, 6.45) is -2.98. The molecule has 8 nitrogen and oxygen atoms in total. The first kappa shape index (κ1) is 19.1. The van der Waals surface area contributed by atoms with Crippen LogP contribution in [0, 0.1) is 0 Å². The Bertz CT molecular complexity index is 935. The van der Waals surface area contributed by atoms with Gasteiger partial charge in [-0.3, -0.25) is 19.9 Å². The van der Waals surface area contributed by atoms with Gasteiger partial charge in [-0.15, -0.1) is 0 Å². The maximum absolute atomic E-state index is 13.9. The zero-order valence-electron chi connectivity index (χ0n) is 14.3. The molecule has 1 fully saturated rings. The second kappa shape index (κ2) is 6.83. The van der Waals surface area contributed by atoms with E-state index in [4.69, 9.17) is 4.74 Å². The summed E-state index contributed by atoms with van der Waals surface area (Å²) in [6.45, 7) is 0. The number of urea groups is 1. The van der Waals surface area contributed by atoms with Gasteiger partial charge >= 0.3 is 12.2 Å². The molecule has 11 heteroatoms. The highest BCUT2D eigenvalue weighted by atomic mass is 19.4. The number of methoxy groups -OCH3 is 1. The van der Waals surface area contributed by atoms with Gasteiger partial charge in [0.05, 0.1) is 18.4 Å². The Balaban J connectivity index is 2.04. The van der Waals surface area contributed by atoms with E-state index in [-0.39, 0.29) is 21.9 Å². The van der Waals surface area contributed by atoms with Crippen molar-refractivity contribution in [3.8, 4) is 5.75 Å². The highest BCUT2D eigenvalue weighted by molar-refractivity contribution is 6.25. The van der Waals surface area contributed by atoms with Crippen molar-refractivity contribution in [1.29, 1.82) is 0 Å². The highest BCUT2D eigenvalue weighted by Gasteiger charge is 2.69. The molecule has 0 radical (unpaired) electrons. The fourth-order valence-electron chi connectivity index (χ4n) is 2.65. The quantitative estimate of drug-likeness (QED) is 0.771. The van der Waals surface area contributed by atoms with Gasteiger partial charge in [-0.25, -0.2) is 9.69 Å². The molecule has 4 amide bonds. The number of aromatic nitrogens is 1. The molecule has 2 aromatic rings. The van der Waals surface area contributed by atoms with E-state index < -0.39 is 29.7 Å². The minimum Gasteiger partial charge on any atom is -0.495 e. The van der Waals surface area contributed by atoms with E-state index in [1.54, 1.807) is 10.6 Å². The maximum Gasteiger partial charge on any atom is 0.440 e. The van der Waals surface area contributed by atoms with Crippen LogP contribution in [0.1, 0.15) is 10.4 Å². The Labute approximate surface area is 156 Å². The second-order valence-electron chi connectivity index (χ2n) is 5.69. The number of carbonyl (C=O) groups excluding carboxylic acids is 3. The number of rotatable bonds is 4. The van der Waals surface area contributed by atoms with Crippen molar-refractivity contribution < 1.29 is 32.3 Å². The summed E-state index contributed by atoms with van der Waals surface area (Å²) in [5.74, 6) is -2.95. The van der Waals surface area contributed by atoms with Crippen LogP contribution >= 0.6 is 0 Å². The summed E-state index contributed by atoms with van der Waals surface area (Å²) in [5.41, 5.74) is -4.06. The Morgan fingerprint density at radius 3 is 2.54 bits per heavy atom. The zero-order chi connectivity index (χ0) is 20.5. The molecular formula is C17H13F3N4O4. The smallest absolute Gasteiger partial charge is 0.440 e. The minimum atomic E-state index is -5.33. The van der Waals surface area contributed by atoms with Crippen LogP contribution in [0.3, 0.4) is 0 Å². The largest absolute Gasteiger partial charge is 0.495 e. The number of carbonyl (C=O) groups is 3. The molecule has 1 aromatic carbocycles. The van der Waals surface area contributed by atoms with Crippen molar-refractivity contribution in [2.24, 2.45) is 0 Å². The normalized spacial score (nSPS) is 19.4. The number of hydrogen-bond acceptors (Lipinski definition) is 5. The van der Waals surface area contributed by atoms with Crippen LogP contribution in [0.15, 0.2) is 48.8 Å². The molecular weight excluding hydrogens is 381 g/mol. The minimum absolute atomic E-state index is 0.00237. The number of hydrogen-bond donors (Lipinski definition) is 2. The molecule has 1 atom stereocenters. The number of halogens is 3. The van der Waals surface area contributed by atoms with Crippen LogP contribution in [-0.4, -0.2) is 41.8 Å². The molecule has 1 aliphatic heterocycles. The van der Waals surface area contributed by atoms with Crippen molar-refractivity contribution in [1.82, 2.24) is 15.6 Å². The van der Waals surface area contributed by atoms with Gasteiger partial charge in [-0.05, 0) is 24.3 Å². The predicted octanol–water partition coefficient (Wildman–Crippen LogP) is 1.83. The molecule has 1 aliphatic rings. The third-order valence-electron chi connectivity index (χ3n) is 4.00. The standard InChI is InChI=1S/C17H13F3N4O4/c1-28-12-7-3-2-6-11(12)24-14(26)16(17(18,19)20,23-15(24)27)22-13(25)10-5-4-8-21-9-10/h2-9H,1H3,(H,22,25)(H,23,27)/t16-/m0/s1. The monoisotopic (exact) mass is 394 g/mol. The number of para-hydroxylation sites is 2. The number of nitrogens with zero attached hydrogens (tertiary/aromatic N) is 2. The van der Waals surface area contributed by atoms with Crippen LogP contribution in [0.25, 0.3) is 0 Å². The molecule has 2 heterocycles. The number of alkyl halides is 3. The van der Waals surface area contributed by atoms with Gasteiger partial charge in [0, 0.05) is 12.4 Å². The Hall–Kier alpha value is -3.63. The molecule has 0 spiro atoms. The van der Waals surface area contributed by atoms with Crippen LogP contribution in [0.4, 0.5) is 23.7 Å². The average molecular weight is 394 g/mol. The molecule has 3 rings (SSSR count). The Morgan fingerprint density at radius 1 is 1.21 bits per heavy atom. The van der Waals surface area contributed by atoms with Crippen molar-refractivity contribution in [3.05, 3.63) is 54.4 Å². The third-order valence-corrected chi connectivity index (χ3v) is 4.00.